The van der Waals surface area contributed by atoms with Crippen LogP contribution >= 0.6 is 15.9 Å². The van der Waals surface area contributed by atoms with Crippen molar-refractivity contribution in [2.24, 2.45) is 0 Å². The van der Waals surface area contributed by atoms with Crippen molar-refractivity contribution < 1.29 is 15.1 Å². The van der Waals surface area contributed by atoms with E-state index in [1.54, 1.807) is 6.07 Å². The van der Waals surface area contributed by atoms with E-state index < -0.39 is 5.91 Å². The second-order valence-corrected chi connectivity index (χ2v) is 3.02. The lowest BCUT2D eigenvalue weighted by Gasteiger charge is -2.01. The van der Waals surface area contributed by atoms with E-state index in [-0.39, 0.29) is 11.3 Å². The number of benzene rings is 1. The van der Waals surface area contributed by atoms with Crippen molar-refractivity contribution in [1.29, 1.82) is 0 Å². The number of hydrogen-bond donors (Lipinski definition) is 3. The first-order chi connectivity index (χ1) is 5.65. The molecular formula is C7H6BrNO3. The van der Waals surface area contributed by atoms with E-state index in [0.717, 1.165) is 0 Å². The summed E-state index contributed by atoms with van der Waals surface area (Å²) < 4.78 is 0.662. The Hall–Kier alpha value is -1.07. The van der Waals surface area contributed by atoms with Gasteiger partial charge in [0, 0.05) is 4.47 Å². The Bertz CT molecular complexity index is 314. The highest BCUT2D eigenvalue weighted by Gasteiger charge is 2.09. The number of hydroxylamine groups is 1. The van der Waals surface area contributed by atoms with Crippen LogP contribution in [0.1, 0.15) is 10.4 Å². The lowest BCUT2D eigenvalue weighted by molar-refractivity contribution is 0.0703. The number of amides is 1. The highest BCUT2D eigenvalue weighted by Crippen LogP contribution is 2.21. The molecule has 0 aromatic heterocycles. The molecule has 0 heterocycles. The molecule has 0 atom stereocenters. The van der Waals surface area contributed by atoms with Gasteiger partial charge in [-0.15, -0.1) is 0 Å². The van der Waals surface area contributed by atoms with Crippen molar-refractivity contribution in [3.63, 3.8) is 0 Å². The summed E-state index contributed by atoms with van der Waals surface area (Å²) in [4.78, 5) is 10.8. The number of nitrogens with one attached hydrogen (secondary N) is 1. The van der Waals surface area contributed by atoms with E-state index in [1.807, 2.05) is 0 Å². The summed E-state index contributed by atoms with van der Waals surface area (Å²) in [5.41, 5.74) is 1.46. The van der Waals surface area contributed by atoms with E-state index in [4.69, 9.17) is 5.21 Å². The number of hydrogen-bond acceptors (Lipinski definition) is 3. The Morgan fingerprint density at radius 2 is 2.17 bits per heavy atom. The van der Waals surface area contributed by atoms with E-state index in [2.05, 4.69) is 15.9 Å². The third-order valence-electron chi connectivity index (χ3n) is 1.31. The van der Waals surface area contributed by atoms with Gasteiger partial charge in [-0.05, 0) is 18.2 Å². The van der Waals surface area contributed by atoms with Crippen LogP contribution in [0.3, 0.4) is 0 Å². The lowest BCUT2D eigenvalue weighted by Crippen LogP contribution is -2.18. The van der Waals surface area contributed by atoms with Gasteiger partial charge in [0.15, 0.2) is 0 Å². The molecule has 4 nitrogen and oxygen atoms in total. The molecule has 0 saturated carbocycles. The molecule has 1 rings (SSSR count). The van der Waals surface area contributed by atoms with E-state index in [0.29, 0.717) is 4.47 Å². The zero-order valence-electron chi connectivity index (χ0n) is 5.91. The summed E-state index contributed by atoms with van der Waals surface area (Å²) in [6.07, 6.45) is 0. The minimum atomic E-state index is -0.736. The highest BCUT2D eigenvalue weighted by molar-refractivity contribution is 9.10. The van der Waals surface area contributed by atoms with Gasteiger partial charge in [-0.2, -0.15) is 0 Å². The van der Waals surface area contributed by atoms with Crippen molar-refractivity contribution in [2.75, 3.05) is 0 Å². The van der Waals surface area contributed by atoms with Crippen molar-refractivity contribution in [3.8, 4) is 5.75 Å². The Morgan fingerprint density at radius 1 is 1.50 bits per heavy atom. The largest absolute Gasteiger partial charge is 0.507 e. The summed E-state index contributed by atoms with van der Waals surface area (Å²) >= 11 is 3.11. The second kappa shape index (κ2) is 3.55. The SMILES string of the molecule is O=C(NO)c1ccc(Br)cc1O. The monoisotopic (exact) mass is 231 g/mol. The minimum absolute atomic E-state index is 0.0284. The maximum atomic E-state index is 10.8. The molecule has 0 bridgehead atoms. The molecule has 0 fully saturated rings. The van der Waals surface area contributed by atoms with Gasteiger partial charge in [0.2, 0.25) is 0 Å². The van der Waals surface area contributed by atoms with Crippen LogP contribution in [0, 0.1) is 0 Å². The predicted molar refractivity (Wildman–Crippen MR) is 45.1 cm³/mol. The maximum absolute atomic E-state index is 10.8. The molecule has 0 aliphatic rings. The predicted octanol–water partition coefficient (Wildman–Crippen LogP) is 1.27. The first-order valence-corrected chi connectivity index (χ1v) is 3.87. The lowest BCUT2D eigenvalue weighted by atomic mass is 10.2. The molecule has 0 saturated heterocycles. The molecular weight excluding hydrogens is 226 g/mol. The number of rotatable bonds is 1. The number of carbonyl (C=O) groups is 1. The fourth-order valence-electron chi connectivity index (χ4n) is 0.757. The molecule has 12 heavy (non-hydrogen) atoms. The number of phenols is 1. The van der Waals surface area contributed by atoms with Crippen LogP contribution in [0.4, 0.5) is 0 Å². The van der Waals surface area contributed by atoms with Crippen LogP contribution in [0.25, 0.3) is 0 Å². The fourth-order valence-corrected chi connectivity index (χ4v) is 1.11. The quantitative estimate of drug-likeness (QED) is 0.504. The van der Waals surface area contributed by atoms with E-state index in [9.17, 15) is 9.90 Å². The number of carbonyl (C=O) groups excluding carboxylic acids is 1. The van der Waals surface area contributed by atoms with Gasteiger partial charge in [0.05, 0.1) is 5.56 Å². The summed E-state index contributed by atoms with van der Waals surface area (Å²) in [6.45, 7) is 0. The molecule has 1 aromatic rings. The van der Waals surface area contributed by atoms with Crippen molar-refractivity contribution in [1.82, 2.24) is 5.48 Å². The van der Waals surface area contributed by atoms with Crippen LogP contribution in [0.15, 0.2) is 22.7 Å². The van der Waals surface area contributed by atoms with Crippen molar-refractivity contribution >= 4 is 21.8 Å². The topological polar surface area (TPSA) is 69.6 Å². The standard InChI is InChI=1S/C7H6BrNO3/c8-4-1-2-5(6(10)3-4)7(11)9-12/h1-3,10,12H,(H,9,11). The Balaban J connectivity index is 3.09. The summed E-state index contributed by atoms with van der Waals surface area (Å²) in [6, 6.07) is 4.35. The third kappa shape index (κ3) is 1.75. The van der Waals surface area contributed by atoms with Gasteiger partial charge in [-0.3, -0.25) is 10.0 Å². The molecule has 64 valence electrons. The number of phenolic OH excluding ortho intramolecular Hbond substituents is 1. The fraction of sp³-hybridized carbons (Fsp3) is 0. The van der Waals surface area contributed by atoms with E-state index >= 15 is 0 Å². The molecule has 0 aliphatic heterocycles. The van der Waals surface area contributed by atoms with Crippen LogP contribution in [-0.2, 0) is 0 Å². The molecule has 5 heteroatoms. The van der Waals surface area contributed by atoms with Crippen LogP contribution in [0.2, 0.25) is 0 Å². The van der Waals surface area contributed by atoms with Crippen molar-refractivity contribution in [3.05, 3.63) is 28.2 Å². The molecule has 0 unspecified atom stereocenters. The zero-order chi connectivity index (χ0) is 9.14. The smallest absolute Gasteiger partial charge is 0.278 e. The van der Waals surface area contributed by atoms with Gasteiger partial charge >= 0.3 is 0 Å². The molecule has 0 radical (unpaired) electrons. The van der Waals surface area contributed by atoms with Gasteiger partial charge < -0.3 is 5.11 Å². The average Bonchev–Trinajstić information content (AvgIpc) is 2.03. The summed E-state index contributed by atoms with van der Waals surface area (Å²) in [5.74, 6) is -0.920. The minimum Gasteiger partial charge on any atom is -0.507 e. The van der Waals surface area contributed by atoms with E-state index in [1.165, 1.54) is 17.6 Å². The first kappa shape index (κ1) is 9.02. The Kier molecular flexibility index (Phi) is 2.67. The van der Waals surface area contributed by atoms with Gasteiger partial charge in [0.25, 0.3) is 5.91 Å². The zero-order valence-corrected chi connectivity index (χ0v) is 7.50. The molecule has 0 spiro atoms. The Labute approximate surface area is 76.9 Å². The molecule has 1 amide bonds. The average molecular weight is 232 g/mol. The van der Waals surface area contributed by atoms with Crippen LogP contribution in [-0.4, -0.2) is 16.2 Å². The third-order valence-corrected chi connectivity index (χ3v) is 1.80. The molecule has 0 aliphatic carbocycles. The van der Waals surface area contributed by atoms with Crippen LogP contribution in [0.5, 0.6) is 5.75 Å². The highest BCUT2D eigenvalue weighted by atomic mass is 79.9. The second-order valence-electron chi connectivity index (χ2n) is 2.10. The number of halogens is 1. The first-order valence-electron chi connectivity index (χ1n) is 3.08. The van der Waals surface area contributed by atoms with Gasteiger partial charge in [-0.25, -0.2) is 5.48 Å². The normalized spacial score (nSPS) is 9.50. The van der Waals surface area contributed by atoms with Crippen molar-refractivity contribution in [2.45, 2.75) is 0 Å². The van der Waals surface area contributed by atoms with Gasteiger partial charge in [-0.1, -0.05) is 15.9 Å². The van der Waals surface area contributed by atoms with Crippen LogP contribution < -0.4 is 5.48 Å². The summed E-state index contributed by atoms with van der Waals surface area (Å²) in [7, 11) is 0. The van der Waals surface area contributed by atoms with Gasteiger partial charge in [0.1, 0.15) is 5.75 Å². The Morgan fingerprint density at radius 3 is 2.67 bits per heavy atom. The molecule has 1 aromatic carbocycles. The number of aromatic hydroxyl groups is 1. The molecule has 3 N–H and O–H groups in total. The maximum Gasteiger partial charge on any atom is 0.278 e. The summed E-state index contributed by atoms with van der Waals surface area (Å²) in [5, 5.41) is 17.5.